The number of rotatable bonds is 4. The lowest BCUT2D eigenvalue weighted by atomic mass is 10.1. The van der Waals surface area contributed by atoms with Crippen molar-refractivity contribution in [3.05, 3.63) is 23.8 Å². The SMILES string of the molecule is CCCC(=O)Nc1cccc(OC#N)c1C. The van der Waals surface area contributed by atoms with Gasteiger partial charge in [-0.05, 0) is 25.5 Å². The number of anilines is 1. The number of nitriles is 1. The van der Waals surface area contributed by atoms with Crippen LogP contribution in [0, 0.1) is 18.4 Å². The van der Waals surface area contributed by atoms with E-state index in [1.165, 1.54) is 0 Å². The third kappa shape index (κ3) is 2.99. The summed E-state index contributed by atoms with van der Waals surface area (Å²) in [6.07, 6.45) is 2.91. The van der Waals surface area contributed by atoms with Crippen LogP contribution >= 0.6 is 0 Å². The quantitative estimate of drug-likeness (QED) is 0.790. The van der Waals surface area contributed by atoms with Gasteiger partial charge in [0.1, 0.15) is 5.75 Å². The van der Waals surface area contributed by atoms with Crippen molar-refractivity contribution in [3.8, 4) is 12.0 Å². The van der Waals surface area contributed by atoms with E-state index in [-0.39, 0.29) is 5.91 Å². The zero-order chi connectivity index (χ0) is 12.0. The van der Waals surface area contributed by atoms with Crippen LogP contribution in [0.25, 0.3) is 0 Å². The number of carbonyl (C=O) groups excluding carboxylic acids is 1. The standard InChI is InChI=1S/C12H14N2O2/c1-3-5-12(15)14-10-6-4-7-11(9(10)2)16-8-13/h4,6-7H,3,5H2,1-2H3,(H,14,15). The summed E-state index contributed by atoms with van der Waals surface area (Å²) < 4.78 is 4.77. The van der Waals surface area contributed by atoms with Crippen molar-refractivity contribution in [3.63, 3.8) is 0 Å². The lowest BCUT2D eigenvalue weighted by Crippen LogP contribution is -2.11. The van der Waals surface area contributed by atoms with Gasteiger partial charge in [0.25, 0.3) is 6.26 Å². The minimum atomic E-state index is -0.0280. The van der Waals surface area contributed by atoms with Gasteiger partial charge in [-0.3, -0.25) is 4.79 Å². The number of nitrogens with zero attached hydrogens (tertiary/aromatic N) is 1. The third-order valence-electron chi connectivity index (χ3n) is 2.19. The highest BCUT2D eigenvalue weighted by molar-refractivity contribution is 5.91. The van der Waals surface area contributed by atoms with Crippen molar-refractivity contribution in [1.82, 2.24) is 0 Å². The van der Waals surface area contributed by atoms with Gasteiger partial charge in [-0.15, -0.1) is 5.26 Å². The van der Waals surface area contributed by atoms with Gasteiger partial charge >= 0.3 is 0 Å². The average Bonchev–Trinajstić information content (AvgIpc) is 2.24. The molecule has 0 aliphatic carbocycles. The van der Waals surface area contributed by atoms with Gasteiger partial charge < -0.3 is 10.1 Å². The minimum Gasteiger partial charge on any atom is -0.388 e. The van der Waals surface area contributed by atoms with E-state index in [4.69, 9.17) is 10.00 Å². The van der Waals surface area contributed by atoms with Crippen LogP contribution < -0.4 is 10.1 Å². The topological polar surface area (TPSA) is 62.1 Å². The normalized spacial score (nSPS) is 9.31. The molecule has 0 aromatic heterocycles. The third-order valence-corrected chi connectivity index (χ3v) is 2.19. The second-order valence-electron chi connectivity index (χ2n) is 3.42. The van der Waals surface area contributed by atoms with Gasteiger partial charge in [0.05, 0.1) is 0 Å². The van der Waals surface area contributed by atoms with E-state index < -0.39 is 0 Å². The van der Waals surface area contributed by atoms with Gasteiger partial charge in [0.2, 0.25) is 5.91 Å². The molecule has 0 atom stereocenters. The van der Waals surface area contributed by atoms with Crippen molar-refractivity contribution >= 4 is 11.6 Å². The Hall–Kier alpha value is -2.02. The first-order chi connectivity index (χ1) is 7.69. The number of ether oxygens (including phenoxy) is 1. The fourth-order valence-electron chi connectivity index (χ4n) is 1.35. The van der Waals surface area contributed by atoms with Crippen LogP contribution in [-0.2, 0) is 4.79 Å². The summed E-state index contributed by atoms with van der Waals surface area (Å²) in [5.74, 6) is 0.441. The van der Waals surface area contributed by atoms with Crippen molar-refractivity contribution in [2.24, 2.45) is 0 Å². The van der Waals surface area contributed by atoms with Crippen LogP contribution in [0.4, 0.5) is 5.69 Å². The predicted molar refractivity (Wildman–Crippen MR) is 61.0 cm³/mol. The molecule has 1 aromatic carbocycles. The predicted octanol–water partition coefficient (Wildman–Crippen LogP) is 2.59. The lowest BCUT2D eigenvalue weighted by molar-refractivity contribution is -0.116. The largest absolute Gasteiger partial charge is 0.388 e. The molecule has 4 heteroatoms. The Morgan fingerprint density at radius 2 is 2.31 bits per heavy atom. The maximum absolute atomic E-state index is 11.4. The maximum atomic E-state index is 11.4. The molecule has 0 saturated heterocycles. The van der Waals surface area contributed by atoms with Crippen LogP contribution in [-0.4, -0.2) is 5.91 Å². The molecular weight excluding hydrogens is 204 g/mol. The van der Waals surface area contributed by atoms with Crippen LogP contribution in [0.2, 0.25) is 0 Å². The second-order valence-corrected chi connectivity index (χ2v) is 3.42. The molecule has 0 bridgehead atoms. The Morgan fingerprint density at radius 3 is 2.94 bits per heavy atom. The summed E-state index contributed by atoms with van der Waals surface area (Å²) in [5, 5.41) is 11.2. The van der Waals surface area contributed by atoms with Crippen LogP contribution in [0.15, 0.2) is 18.2 Å². The van der Waals surface area contributed by atoms with Gasteiger partial charge in [0, 0.05) is 17.7 Å². The molecule has 1 N–H and O–H groups in total. The highest BCUT2D eigenvalue weighted by Gasteiger charge is 2.07. The Morgan fingerprint density at radius 1 is 1.56 bits per heavy atom. The van der Waals surface area contributed by atoms with Crippen LogP contribution in [0.3, 0.4) is 0 Å². The smallest absolute Gasteiger partial charge is 0.292 e. The van der Waals surface area contributed by atoms with E-state index in [2.05, 4.69) is 5.32 Å². The highest BCUT2D eigenvalue weighted by Crippen LogP contribution is 2.25. The van der Waals surface area contributed by atoms with Crippen molar-refractivity contribution in [1.29, 1.82) is 5.26 Å². The van der Waals surface area contributed by atoms with Gasteiger partial charge in [-0.1, -0.05) is 13.0 Å². The van der Waals surface area contributed by atoms with Gasteiger partial charge in [-0.25, -0.2) is 0 Å². The Bertz CT molecular complexity index is 422. The number of benzene rings is 1. The molecular formula is C12H14N2O2. The number of amides is 1. The van der Waals surface area contributed by atoms with Crippen molar-refractivity contribution in [2.75, 3.05) is 5.32 Å². The summed E-state index contributed by atoms with van der Waals surface area (Å²) in [6, 6.07) is 5.21. The molecule has 1 rings (SSSR count). The van der Waals surface area contributed by atoms with E-state index in [1.54, 1.807) is 31.4 Å². The summed E-state index contributed by atoms with van der Waals surface area (Å²) >= 11 is 0. The summed E-state index contributed by atoms with van der Waals surface area (Å²) in [7, 11) is 0. The second kappa shape index (κ2) is 5.76. The number of nitrogens with one attached hydrogen (secondary N) is 1. The monoisotopic (exact) mass is 218 g/mol. The zero-order valence-electron chi connectivity index (χ0n) is 9.41. The molecule has 0 aliphatic heterocycles. The van der Waals surface area contributed by atoms with E-state index in [1.807, 2.05) is 6.92 Å². The molecule has 0 radical (unpaired) electrons. The first-order valence-electron chi connectivity index (χ1n) is 5.14. The lowest BCUT2D eigenvalue weighted by Gasteiger charge is -2.09. The molecule has 4 nitrogen and oxygen atoms in total. The van der Waals surface area contributed by atoms with E-state index in [0.29, 0.717) is 17.9 Å². The first-order valence-corrected chi connectivity index (χ1v) is 5.14. The van der Waals surface area contributed by atoms with E-state index in [0.717, 1.165) is 12.0 Å². The fraction of sp³-hybridized carbons (Fsp3) is 0.333. The van der Waals surface area contributed by atoms with Crippen molar-refractivity contribution in [2.45, 2.75) is 26.7 Å². The minimum absolute atomic E-state index is 0.0280. The Kier molecular flexibility index (Phi) is 4.34. The van der Waals surface area contributed by atoms with Gasteiger partial charge in [0.15, 0.2) is 0 Å². The molecule has 1 amide bonds. The molecule has 0 saturated carbocycles. The maximum Gasteiger partial charge on any atom is 0.292 e. The van der Waals surface area contributed by atoms with Crippen LogP contribution in [0.5, 0.6) is 5.75 Å². The molecule has 0 spiro atoms. The molecule has 0 aliphatic rings. The molecule has 0 fully saturated rings. The number of hydrogen-bond donors (Lipinski definition) is 1. The molecule has 0 heterocycles. The zero-order valence-corrected chi connectivity index (χ0v) is 9.41. The van der Waals surface area contributed by atoms with Gasteiger partial charge in [-0.2, -0.15) is 0 Å². The summed E-state index contributed by atoms with van der Waals surface area (Å²) in [4.78, 5) is 11.4. The average molecular weight is 218 g/mol. The summed E-state index contributed by atoms with van der Waals surface area (Å²) in [6.45, 7) is 3.75. The first kappa shape index (κ1) is 12.1. The molecule has 84 valence electrons. The Balaban J connectivity index is 2.85. The molecule has 1 aromatic rings. The van der Waals surface area contributed by atoms with Crippen LogP contribution in [0.1, 0.15) is 25.3 Å². The van der Waals surface area contributed by atoms with Crippen molar-refractivity contribution < 1.29 is 9.53 Å². The molecule has 16 heavy (non-hydrogen) atoms. The fourth-order valence-corrected chi connectivity index (χ4v) is 1.35. The molecule has 0 unspecified atom stereocenters. The number of carbonyl (C=O) groups is 1. The van der Waals surface area contributed by atoms with E-state index >= 15 is 0 Å². The summed E-state index contributed by atoms with van der Waals surface area (Å²) in [5.41, 5.74) is 1.44. The highest BCUT2D eigenvalue weighted by atomic mass is 16.5. The number of hydrogen-bond acceptors (Lipinski definition) is 3. The Labute approximate surface area is 94.8 Å². The van der Waals surface area contributed by atoms with E-state index in [9.17, 15) is 4.79 Å².